The number of nitrogens with zero attached hydrogens (tertiary/aromatic N) is 1. The average Bonchev–Trinajstić information content (AvgIpc) is 3.42. The molecule has 0 aromatic heterocycles. The Morgan fingerprint density at radius 2 is 1.79 bits per heavy atom. The van der Waals surface area contributed by atoms with Crippen LogP contribution in [0.15, 0.2) is 50.4 Å². The molecule has 148 valence electrons. The molecule has 6 heteroatoms. The van der Waals surface area contributed by atoms with Gasteiger partial charge in [0.15, 0.2) is 0 Å². The number of methoxy groups -OCH3 is 1. The lowest BCUT2D eigenvalue weighted by Crippen LogP contribution is -2.20. The molecule has 0 aliphatic heterocycles. The molecule has 3 rings (SSSR count). The van der Waals surface area contributed by atoms with Crippen LogP contribution in [-0.4, -0.2) is 19.2 Å². The van der Waals surface area contributed by atoms with Crippen molar-refractivity contribution < 1.29 is 9.53 Å². The van der Waals surface area contributed by atoms with Crippen molar-refractivity contribution in [1.82, 2.24) is 5.43 Å². The Hall–Kier alpha value is -1.66. The largest absolute Gasteiger partial charge is 0.494 e. The summed E-state index contributed by atoms with van der Waals surface area (Å²) >= 11 is 6.92. The third-order valence-corrected chi connectivity index (χ3v) is 6.12. The Balaban J connectivity index is 1.57. The van der Waals surface area contributed by atoms with Gasteiger partial charge in [-0.2, -0.15) is 5.10 Å². The summed E-state index contributed by atoms with van der Waals surface area (Å²) in [7, 11) is 1.61. The number of carbonyl (C=O) groups excluding carboxylic acids is 1. The highest BCUT2D eigenvalue weighted by molar-refractivity contribution is 9.11. The number of hydrogen-bond donors (Lipinski definition) is 1. The number of rotatable bonds is 5. The molecule has 1 saturated carbocycles. The number of carbonyl (C=O) groups is 1. The van der Waals surface area contributed by atoms with Crippen LogP contribution in [0.5, 0.6) is 5.75 Å². The molecule has 4 nitrogen and oxygen atoms in total. The highest BCUT2D eigenvalue weighted by Crippen LogP contribution is 2.47. The van der Waals surface area contributed by atoms with Gasteiger partial charge >= 0.3 is 0 Å². The highest BCUT2D eigenvalue weighted by Gasteiger charge is 2.44. The second-order valence-electron chi connectivity index (χ2n) is 8.07. The lowest BCUT2D eigenvalue weighted by Gasteiger charge is -2.19. The number of halogens is 2. The first-order chi connectivity index (χ1) is 13.2. The zero-order chi connectivity index (χ0) is 20.5. The molecular weight excluding hydrogens is 484 g/mol. The van der Waals surface area contributed by atoms with E-state index in [0.717, 1.165) is 26.7 Å². The lowest BCUT2D eigenvalue weighted by molar-refractivity contribution is -0.122. The van der Waals surface area contributed by atoms with Crippen LogP contribution in [0.2, 0.25) is 0 Å². The minimum Gasteiger partial charge on any atom is -0.494 e. The third-order valence-electron chi connectivity index (χ3n) is 4.95. The highest BCUT2D eigenvalue weighted by atomic mass is 79.9. The van der Waals surface area contributed by atoms with Crippen molar-refractivity contribution in [1.29, 1.82) is 0 Å². The zero-order valence-electron chi connectivity index (χ0n) is 16.4. The molecule has 2 atom stereocenters. The Morgan fingerprint density at radius 3 is 2.32 bits per heavy atom. The minimum absolute atomic E-state index is 0.00743. The zero-order valence-corrected chi connectivity index (χ0v) is 19.6. The first-order valence-electron chi connectivity index (χ1n) is 9.17. The van der Waals surface area contributed by atoms with E-state index in [1.807, 2.05) is 12.1 Å². The molecule has 28 heavy (non-hydrogen) atoms. The standard InChI is InChI=1S/C22H24Br2N2O2/c1-22(2,3)15-7-5-14(6-8-15)16-11-17(16)21(27)26-25-12-13-9-18(23)20(28-4)19(24)10-13/h5-10,12,16-17H,11H2,1-4H3,(H,26,27)/t16-,17+/m0/s1. The number of hydrogen-bond acceptors (Lipinski definition) is 3. The molecule has 0 bridgehead atoms. The molecular formula is C22H24Br2N2O2. The van der Waals surface area contributed by atoms with Crippen LogP contribution in [0.1, 0.15) is 49.8 Å². The van der Waals surface area contributed by atoms with Gasteiger partial charge in [-0.1, -0.05) is 45.0 Å². The molecule has 0 radical (unpaired) electrons. The van der Waals surface area contributed by atoms with Crippen molar-refractivity contribution in [3.8, 4) is 5.75 Å². The van der Waals surface area contributed by atoms with Crippen LogP contribution in [0.25, 0.3) is 0 Å². The molecule has 2 aromatic rings. The van der Waals surface area contributed by atoms with E-state index in [4.69, 9.17) is 4.74 Å². The summed E-state index contributed by atoms with van der Waals surface area (Å²) < 4.78 is 6.92. The van der Waals surface area contributed by atoms with Crippen LogP contribution in [0, 0.1) is 5.92 Å². The van der Waals surface area contributed by atoms with Crippen molar-refractivity contribution in [3.63, 3.8) is 0 Å². The van der Waals surface area contributed by atoms with E-state index in [0.29, 0.717) is 0 Å². The smallest absolute Gasteiger partial charge is 0.243 e. The summed E-state index contributed by atoms with van der Waals surface area (Å²) in [5, 5.41) is 4.11. The van der Waals surface area contributed by atoms with E-state index in [2.05, 4.69) is 87.4 Å². The minimum atomic E-state index is -0.0345. The van der Waals surface area contributed by atoms with E-state index in [9.17, 15) is 4.79 Å². The molecule has 1 aliphatic rings. The predicted octanol–water partition coefficient (Wildman–Crippen LogP) is 5.77. The maximum atomic E-state index is 12.4. The second-order valence-corrected chi connectivity index (χ2v) is 9.78. The van der Waals surface area contributed by atoms with Gasteiger partial charge in [0.25, 0.3) is 0 Å². The molecule has 0 heterocycles. The molecule has 1 aliphatic carbocycles. The van der Waals surface area contributed by atoms with Gasteiger partial charge in [-0.25, -0.2) is 5.43 Å². The maximum absolute atomic E-state index is 12.4. The third kappa shape index (κ3) is 4.84. The fourth-order valence-corrected chi connectivity index (χ4v) is 4.73. The van der Waals surface area contributed by atoms with Gasteiger partial charge in [-0.15, -0.1) is 0 Å². The van der Waals surface area contributed by atoms with E-state index in [1.165, 1.54) is 11.1 Å². The predicted molar refractivity (Wildman–Crippen MR) is 120 cm³/mol. The second kappa shape index (κ2) is 8.37. The fraction of sp³-hybridized carbons (Fsp3) is 0.364. The van der Waals surface area contributed by atoms with Crippen LogP contribution < -0.4 is 10.2 Å². The van der Waals surface area contributed by atoms with Gasteiger partial charge in [0.2, 0.25) is 5.91 Å². The van der Waals surface area contributed by atoms with E-state index < -0.39 is 0 Å². The monoisotopic (exact) mass is 506 g/mol. The van der Waals surface area contributed by atoms with Crippen molar-refractivity contribution in [2.45, 2.75) is 38.5 Å². The van der Waals surface area contributed by atoms with E-state index in [-0.39, 0.29) is 23.2 Å². The Kier molecular flexibility index (Phi) is 6.30. The maximum Gasteiger partial charge on any atom is 0.243 e. The van der Waals surface area contributed by atoms with Crippen LogP contribution in [0.3, 0.4) is 0 Å². The van der Waals surface area contributed by atoms with Crippen LogP contribution in [0.4, 0.5) is 0 Å². The molecule has 0 saturated heterocycles. The summed E-state index contributed by atoms with van der Waals surface area (Å²) in [5.41, 5.74) is 6.18. The molecule has 2 aromatic carbocycles. The molecule has 1 amide bonds. The van der Waals surface area contributed by atoms with Gasteiger partial charge in [-0.05, 0) is 78.4 Å². The first-order valence-corrected chi connectivity index (χ1v) is 10.8. The number of amides is 1. The van der Waals surface area contributed by atoms with E-state index in [1.54, 1.807) is 13.3 Å². The Labute approximate surface area is 183 Å². The molecule has 0 unspecified atom stereocenters. The van der Waals surface area contributed by atoms with Gasteiger partial charge in [0.05, 0.1) is 22.3 Å². The van der Waals surface area contributed by atoms with Crippen molar-refractivity contribution in [2.24, 2.45) is 11.0 Å². The van der Waals surface area contributed by atoms with Crippen LogP contribution >= 0.6 is 31.9 Å². The number of benzene rings is 2. The molecule has 1 fully saturated rings. The molecule has 1 N–H and O–H groups in total. The SMILES string of the molecule is COc1c(Br)cc(C=NNC(=O)[C@@H]2C[C@H]2c2ccc(C(C)(C)C)cc2)cc1Br. The number of ether oxygens (including phenoxy) is 1. The van der Waals surface area contributed by atoms with Crippen molar-refractivity contribution >= 4 is 44.0 Å². The average molecular weight is 508 g/mol. The van der Waals surface area contributed by atoms with Crippen molar-refractivity contribution in [2.75, 3.05) is 7.11 Å². The van der Waals surface area contributed by atoms with E-state index >= 15 is 0 Å². The Bertz CT molecular complexity index is 879. The first kappa shape index (κ1) is 21.1. The van der Waals surface area contributed by atoms with Gasteiger partial charge in [0.1, 0.15) is 5.75 Å². The summed E-state index contributed by atoms with van der Waals surface area (Å²) in [6.45, 7) is 6.61. The topological polar surface area (TPSA) is 50.7 Å². The van der Waals surface area contributed by atoms with Gasteiger partial charge < -0.3 is 4.74 Å². The van der Waals surface area contributed by atoms with Gasteiger partial charge in [-0.3, -0.25) is 4.79 Å². The Morgan fingerprint density at radius 1 is 1.18 bits per heavy atom. The number of hydrazone groups is 1. The summed E-state index contributed by atoms with van der Waals surface area (Å²) in [6.07, 6.45) is 2.50. The number of nitrogens with one attached hydrogen (secondary N) is 1. The molecule has 0 spiro atoms. The summed E-state index contributed by atoms with van der Waals surface area (Å²) in [4.78, 5) is 12.4. The lowest BCUT2D eigenvalue weighted by atomic mass is 9.86. The van der Waals surface area contributed by atoms with Crippen molar-refractivity contribution in [3.05, 3.63) is 62.0 Å². The quantitative estimate of drug-likeness (QED) is 0.412. The fourth-order valence-electron chi connectivity index (χ4n) is 3.19. The normalized spacial score (nSPS) is 18.9. The van der Waals surface area contributed by atoms with Gasteiger partial charge in [0, 0.05) is 5.92 Å². The summed E-state index contributed by atoms with van der Waals surface area (Å²) in [6, 6.07) is 12.4. The summed E-state index contributed by atoms with van der Waals surface area (Å²) in [5.74, 6) is 0.966. The van der Waals surface area contributed by atoms with Crippen LogP contribution in [-0.2, 0) is 10.2 Å².